The molecule has 0 saturated carbocycles. The smallest absolute Gasteiger partial charge is 0.113 e. The fourth-order valence-corrected chi connectivity index (χ4v) is 2.55. The van der Waals surface area contributed by atoms with Gasteiger partial charge < -0.3 is 0 Å². The Balaban J connectivity index is 2.59. The van der Waals surface area contributed by atoms with Crippen molar-refractivity contribution in [1.29, 1.82) is 5.26 Å². The lowest BCUT2D eigenvalue weighted by molar-refractivity contribution is 0.493. The first-order valence-electron chi connectivity index (χ1n) is 5.96. The van der Waals surface area contributed by atoms with Crippen molar-refractivity contribution in [2.45, 2.75) is 37.6 Å². The molecule has 17 heavy (non-hydrogen) atoms. The predicted octanol–water partition coefficient (Wildman–Crippen LogP) is 3.37. The van der Waals surface area contributed by atoms with Gasteiger partial charge in [0.05, 0.1) is 6.07 Å². The second-order valence-electron chi connectivity index (χ2n) is 4.42. The Hall–Kier alpha value is -0.980. The van der Waals surface area contributed by atoms with Crippen molar-refractivity contribution in [3.63, 3.8) is 0 Å². The van der Waals surface area contributed by atoms with Crippen LogP contribution in [0.4, 0.5) is 0 Å². The molecule has 0 spiro atoms. The standard InChI is InChI=1S/C14H20N2S/c1-4-9-16-14(3,10-15)11-17-13-8-6-5-7-12(13)2/h5-8,16H,4,9,11H2,1-3H3. The number of nitrogens with one attached hydrogen (secondary N) is 1. The van der Waals surface area contributed by atoms with Crippen molar-refractivity contribution in [2.24, 2.45) is 0 Å². The van der Waals surface area contributed by atoms with Crippen LogP contribution in [0.5, 0.6) is 0 Å². The van der Waals surface area contributed by atoms with Gasteiger partial charge in [-0.3, -0.25) is 5.32 Å². The Morgan fingerprint density at radius 2 is 2.12 bits per heavy atom. The van der Waals surface area contributed by atoms with Crippen LogP contribution in [0.3, 0.4) is 0 Å². The van der Waals surface area contributed by atoms with Gasteiger partial charge in [0.15, 0.2) is 0 Å². The van der Waals surface area contributed by atoms with E-state index in [2.05, 4.69) is 37.4 Å². The molecule has 0 aliphatic carbocycles. The van der Waals surface area contributed by atoms with Crippen LogP contribution in [0.25, 0.3) is 0 Å². The average Bonchev–Trinajstić information content (AvgIpc) is 2.35. The first-order chi connectivity index (χ1) is 8.11. The molecule has 0 aliphatic heterocycles. The highest BCUT2D eigenvalue weighted by Gasteiger charge is 2.22. The molecule has 0 heterocycles. The summed E-state index contributed by atoms with van der Waals surface area (Å²) in [6, 6.07) is 10.7. The van der Waals surface area contributed by atoms with E-state index in [0.717, 1.165) is 18.7 Å². The van der Waals surface area contributed by atoms with E-state index >= 15 is 0 Å². The summed E-state index contributed by atoms with van der Waals surface area (Å²) in [5.41, 5.74) is 0.830. The van der Waals surface area contributed by atoms with E-state index in [-0.39, 0.29) is 0 Å². The molecule has 0 aromatic heterocycles. The zero-order chi connectivity index (χ0) is 12.7. The molecule has 92 valence electrons. The van der Waals surface area contributed by atoms with E-state index in [4.69, 9.17) is 0 Å². The third-order valence-electron chi connectivity index (χ3n) is 2.62. The summed E-state index contributed by atoms with van der Waals surface area (Å²) in [4.78, 5) is 1.26. The highest BCUT2D eigenvalue weighted by molar-refractivity contribution is 7.99. The minimum Gasteiger partial charge on any atom is -0.299 e. The summed E-state index contributed by atoms with van der Waals surface area (Å²) in [6.45, 7) is 7.07. The Morgan fingerprint density at radius 1 is 1.41 bits per heavy atom. The van der Waals surface area contributed by atoms with Crippen molar-refractivity contribution < 1.29 is 0 Å². The second kappa shape index (κ2) is 6.68. The van der Waals surface area contributed by atoms with Crippen molar-refractivity contribution in [3.05, 3.63) is 29.8 Å². The average molecular weight is 248 g/mol. The zero-order valence-corrected chi connectivity index (χ0v) is 11.6. The molecule has 1 atom stereocenters. The van der Waals surface area contributed by atoms with Crippen LogP contribution in [0, 0.1) is 18.3 Å². The number of nitrogens with zero attached hydrogens (tertiary/aromatic N) is 1. The van der Waals surface area contributed by atoms with E-state index in [1.807, 2.05) is 19.1 Å². The lowest BCUT2D eigenvalue weighted by Gasteiger charge is -2.22. The van der Waals surface area contributed by atoms with Gasteiger partial charge in [-0.05, 0) is 38.4 Å². The lowest BCUT2D eigenvalue weighted by atomic mass is 10.1. The number of thioether (sulfide) groups is 1. The third kappa shape index (κ3) is 4.41. The van der Waals surface area contributed by atoms with E-state index in [0.29, 0.717) is 0 Å². The van der Waals surface area contributed by atoms with Crippen LogP contribution in [0.15, 0.2) is 29.2 Å². The number of aryl methyl sites for hydroxylation is 1. The van der Waals surface area contributed by atoms with Gasteiger partial charge in [-0.25, -0.2) is 0 Å². The minimum atomic E-state index is -0.442. The quantitative estimate of drug-likeness (QED) is 0.784. The highest BCUT2D eigenvalue weighted by atomic mass is 32.2. The third-order valence-corrected chi connectivity index (χ3v) is 4.11. The Labute approximate surface area is 108 Å². The van der Waals surface area contributed by atoms with Gasteiger partial charge in [0.2, 0.25) is 0 Å². The predicted molar refractivity (Wildman–Crippen MR) is 74.2 cm³/mol. The van der Waals surface area contributed by atoms with Gasteiger partial charge >= 0.3 is 0 Å². The van der Waals surface area contributed by atoms with Crippen LogP contribution in [-0.4, -0.2) is 17.8 Å². The molecule has 1 aromatic carbocycles. The first kappa shape index (κ1) is 14.1. The number of hydrogen-bond acceptors (Lipinski definition) is 3. The minimum absolute atomic E-state index is 0.442. The topological polar surface area (TPSA) is 35.8 Å². The van der Waals surface area contributed by atoms with E-state index < -0.39 is 5.54 Å². The van der Waals surface area contributed by atoms with Crippen molar-refractivity contribution >= 4 is 11.8 Å². The van der Waals surface area contributed by atoms with E-state index in [1.165, 1.54) is 10.5 Å². The molecular weight excluding hydrogens is 228 g/mol. The molecule has 0 aliphatic rings. The van der Waals surface area contributed by atoms with Crippen molar-refractivity contribution in [1.82, 2.24) is 5.32 Å². The van der Waals surface area contributed by atoms with Crippen LogP contribution < -0.4 is 5.32 Å². The summed E-state index contributed by atoms with van der Waals surface area (Å²) in [5.74, 6) is 0.772. The fraction of sp³-hybridized carbons (Fsp3) is 0.500. The number of hydrogen-bond donors (Lipinski definition) is 1. The van der Waals surface area contributed by atoms with Crippen molar-refractivity contribution in [3.8, 4) is 6.07 Å². The lowest BCUT2D eigenvalue weighted by Crippen LogP contribution is -2.43. The van der Waals surface area contributed by atoms with Gasteiger partial charge in [0, 0.05) is 10.6 Å². The molecule has 0 amide bonds. The summed E-state index contributed by atoms with van der Waals surface area (Å²) >= 11 is 1.74. The maximum atomic E-state index is 9.23. The molecule has 3 heteroatoms. The van der Waals surface area contributed by atoms with Gasteiger partial charge in [-0.2, -0.15) is 5.26 Å². The number of rotatable bonds is 6. The zero-order valence-electron chi connectivity index (χ0n) is 10.8. The van der Waals surface area contributed by atoms with E-state index in [1.54, 1.807) is 11.8 Å². The SMILES string of the molecule is CCCNC(C)(C#N)CSc1ccccc1C. The summed E-state index contributed by atoms with van der Waals surface area (Å²) in [7, 11) is 0. The molecule has 0 bridgehead atoms. The van der Waals surface area contributed by atoms with Crippen LogP contribution >= 0.6 is 11.8 Å². The molecule has 1 unspecified atom stereocenters. The molecule has 0 saturated heterocycles. The van der Waals surface area contributed by atoms with Crippen molar-refractivity contribution in [2.75, 3.05) is 12.3 Å². The van der Waals surface area contributed by atoms with Gasteiger partial charge in [0.25, 0.3) is 0 Å². The Bertz CT molecular complexity index is 397. The van der Waals surface area contributed by atoms with Gasteiger partial charge in [-0.15, -0.1) is 11.8 Å². The number of nitriles is 1. The maximum Gasteiger partial charge on any atom is 0.113 e. The fourth-order valence-electron chi connectivity index (χ4n) is 1.46. The first-order valence-corrected chi connectivity index (χ1v) is 6.94. The summed E-state index contributed by atoms with van der Waals surface area (Å²) < 4.78 is 0. The molecule has 0 radical (unpaired) electrons. The van der Waals surface area contributed by atoms with E-state index in [9.17, 15) is 5.26 Å². The summed E-state index contributed by atoms with van der Waals surface area (Å²) in [6.07, 6.45) is 1.05. The molecule has 1 rings (SSSR count). The molecule has 0 fully saturated rings. The van der Waals surface area contributed by atoms with Gasteiger partial charge in [-0.1, -0.05) is 25.1 Å². The monoisotopic (exact) mass is 248 g/mol. The van der Waals surface area contributed by atoms with Gasteiger partial charge in [0.1, 0.15) is 5.54 Å². The molecule has 1 aromatic rings. The maximum absolute atomic E-state index is 9.23. The van der Waals surface area contributed by atoms with Crippen LogP contribution in [0.2, 0.25) is 0 Å². The summed E-state index contributed by atoms with van der Waals surface area (Å²) in [5, 5.41) is 12.5. The van der Waals surface area contributed by atoms with Crippen LogP contribution in [0.1, 0.15) is 25.8 Å². The molecule has 1 N–H and O–H groups in total. The number of benzene rings is 1. The molecule has 2 nitrogen and oxygen atoms in total. The normalized spacial score (nSPS) is 14.0. The molecular formula is C14H20N2S. The highest BCUT2D eigenvalue weighted by Crippen LogP contribution is 2.25. The largest absolute Gasteiger partial charge is 0.299 e. The Morgan fingerprint density at radius 3 is 2.71 bits per heavy atom. The second-order valence-corrected chi connectivity index (χ2v) is 5.44. The Kier molecular flexibility index (Phi) is 5.54. The van der Waals surface area contributed by atoms with Crippen LogP contribution in [-0.2, 0) is 0 Å².